The molecule has 1 unspecified atom stereocenters. The van der Waals surface area contributed by atoms with Crippen LogP contribution in [0.3, 0.4) is 0 Å². The van der Waals surface area contributed by atoms with Crippen molar-refractivity contribution < 1.29 is 8.78 Å². The lowest BCUT2D eigenvalue weighted by Gasteiger charge is -2.43. The highest BCUT2D eigenvalue weighted by Crippen LogP contribution is 2.51. The highest BCUT2D eigenvalue weighted by Gasteiger charge is 2.47. The first-order valence-corrected chi connectivity index (χ1v) is 6.82. The zero-order chi connectivity index (χ0) is 10.9. The van der Waals surface area contributed by atoms with Gasteiger partial charge in [-0.05, 0) is 43.4 Å². The summed E-state index contributed by atoms with van der Waals surface area (Å²) < 4.78 is 26.2. The van der Waals surface area contributed by atoms with Crippen molar-refractivity contribution in [2.24, 2.45) is 11.1 Å². The number of alkyl halides is 2. The SMILES string of the molecule is NCC1(C2CCCS2)CCC(F)(F)CC1. The molecule has 4 heteroatoms. The minimum absolute atomic E-state index is 0.0167. The Bertz CT molecular complexity index is 217. The van der Waals surface area contributed by atoms with Gasteiger partial charge < -0.3 is 5.73 Å². The summed E-state index contributed by atoms with van der Waals surface area (Å²) in [7, 11) is 0. The van der Waals surface area contributed by atoms with E-state index in [0.29, 0.717) is 24.6 Å². The second kappa shape index (κ2) is 4.21. The van der Waals surface area contributed by atoms with E-state index in [2.05, 4.69) is 0 Å². The fourth-order valence-corrected chi connectivity index (χ4v) is 4.47. The van der Waals surface area contributed by atoms with Crippen LogP contribution in [0.15, 0.2) is 0 Å². The lowest BCUT2D eigenvalue weighted by Crippen LogP contribution is -2.44. The van der Waals surface area contributed by atoms with Crippen LogP contribution in [0.1, 0.15) is 38.5 Å². The van der Waals surface area contributed by atoms with Crippen LogP contribution in [-0.4, -0.2) is 23.5 Å². The van der Waals surface area contributed by atoms with Crippen LogP contribution in [0.2, 0.25) is 0 Å². The summed E-state index contributed by atoms with van der Waals surface area (Å²) >= 11 is 1.95. The molecule has 0 aromatic heterocycles. The number of nitrogens with two attached hydrogens (primary N) is 1. The Labute approximate surface area is 94.2 Å². The van der Waals surface area contributed by atoms with Crippen LogP contribution in [-0.2, 0) is 0 Å². The molecule has 2 fully saturated rings. The molecular formula is C11H19F2NS. The molecule has 0 radical (unpaired) electrons. The monoisotopic (exact) mass is 235 g/mol. The van der Waals surface area contributed by atoms with E-state index in [1.165, 1.54) is 18.6 Å². The summed E-state index contributed by atoms with van der Waals surface area (Å²) in [5, 5.41) is 0.540. The number of hydrogen-bond acceptors (Lipinski definition) is 2. The quantitative estimate of drug-likeness (QED) is 0.796. The minimum atomic E-state index is -2.43. The molecule has 2 aliphatic rings. The third-order valence-electron chi connectivity index (χ3n) is 4.00. The Balaban J connectivity index is 2.03. The largest absolute Gasteiger partial charge is 0.330 e. The third-order valence-corrected chi connectivity index (χ3v) is 5.66. The zero-order valence-corrected chi connectivity index (χ0v) is 9.79. The van der Waals surface area contributed by atoms with Crippen LogP contribution in [0.4, 0.5) is 8.78 Å². The molecule has 2 N–H and O–H groups in total. The number of hydrogen-bond donors (Lipinski definition) is 1. The fraction of sp³-hybridized carbons (Fsp3) is 1.00. The first-order chi connectivity index (χ1) is 7.08. The first kappa shape index (κ1) is 11.6. The van der Waals surface area contributed by atoms with Gasteiger partial charge in [0.2, 0.25) is 5.92 Å². The summed E-state index contributed by atoms with van der Waals surface area (Å²) in [5.74, 6) is -1.25. The van der Waals surface area contributed by atoms with E-state index in [0.717, 1.165) is 0 Å². The molecular weight excluding hydrogens is 216 g/mol. The Morgan fingerprint density at radius 1 is 1.20 bits per heavy atom. The maximum atomic E-state index is 13.1. The predicted octanol–water partition coefficient (Wildman–Crippen LogP) is 3.04. The third kappa shape index (κ3) is 2.31. The second-order valence-electron chi connectivity index (χ2n) is 4.92. The van der Waals surface area contributed by atoms with Crippen molar-refractivity contribution in [1.82, 2.24) is 0 Å². The molecule has 1 aliphatic carbocycles. The molecule has 0 bridgehead atoms. The highest BCUT2D eigenvalue weighted by molar-refractivity contribution is 8.00. The van der Waals surface area contributed by atoms with Gasteiger partial charge in [-0.2, -0.15) is 11.8 Å². The van der Waals surface area contributed by atoms with Crippen LogP contribution >= 0.6 is 11.8 Å². The van der Waals surface area contributed by atoms with Crippen molar-refractivity contribution >= 4 is 11.8 Å². The summed E-state index contributed by atoms with van der Waals surface area (Å²) in [6.45, 7) is 0.584. The lowest BCUT2D eigenvalue weighted by molar-refractivity contribution is -0.0655. The molecule has 1 nitrogen and oxygen atoms in total. The number of rotatable bonds is 2. The van der Waals surface area contributed by atoms with Gasteiger partial charge in [0.25, 0.3) is 0 Å². The maximum Gasteiger partial charge on any atom is 0.248 e. The van der Waals surface area contributed by atoms with E-state index in [1.54, 1.807) is 0 Å². The van der Waals surface area contributed by atoms with Gasteiger partial charge in [0.15, 0.2) is 0 Å². The van der Waals surface area contributed by atoms with Crippen molar-refractivity contribution in [3.05, 3.63) is 0 Å². The molecule has 1 saturated heterocycles. The summed E-state index contributed by atoms with van der Waals surface area (Å²) in [5.41, 5.74) is 5.87. The zero-order valence-electron chi connectivity index (χ0n) is 8.98. The van der Waals surface area contributed by atoms with E-state index in [1.807, 2.05) is 11.8 Å². The molecule has 0 aromatic carbocycles. The molecule has 0 spiro atoms. The van der Waals surface area contributed by atoms with Crippen LogP contribution < -0.4 is 5.73 Å². The van der Waals surface area contributed by atoms with Gasteiger partial charge in [0.05, 0.1) is 0 Å². The van der Waals surface area contributed by atoms with E-state index < -0.39 is 5.92 Å². The molecule has 0 aromatic rings. The summed E-state index contributed by atoms with van der Waals surface area (Å²) in [6, 6.07) is 0. The van der Waals surface area contributed by atoms with Crippen molar-refractivity contribution in [3.63, 3.8) is 0 Å². The second-order valence-corrected chi connectivity index (χ2v) is 6.23. The molecule has 15 heavy (non-hydrogen) atoms. The lowest BCUT2D eigenvalue weighted by atomic mass is 9.69. The van der Waals surface area contributed by atoms with E-state index >= 15 is 0 Å². The van der Waals surface area contributed by atoms with E-state index in [4.69, 9.17) is 5.73 Å². The topological polar surface area (TPSA) is 26.0 Å². The summed E-state index contributed by atoms with van der Waals surface area (Å²) in [6.07, 6.45) is 3.73. The molecule has 1 atom stereocenters. The van der Waals surface area contributed by atoms with Gasteiger partial charge >= 0.3 is 0 Å². The molecule has 1 saturated carbocycles. The standard InChI is InChI=1S/C11H19F2NS/c12-11(13)5-3-10(8-14,4-6-11)9-2-1-7-15-9/h9H,1-8,14H2. The normalized spacial score (nSPS) is 34.2. The van der Waals surface area contributed by atoms with Crippen molar-refractivity contribution in [2.75, 3.05) is 12.3 Å². The Hall–Kier alpha value is 0.170. The van der Waals surface area contributed by atoms with Crippen LogP contribution in [0.5, 0.6) is 0 Å². The Morgan fingerprint density at radius 2 is 1.87 bits per heavy atom. The van der Waals surface area contributed by atoms with Crippen LogP contribution in [0, 0.1) is 5.41 Å². The summed E-state index contributed by atoms with van der Waals surface area (Å²) in [4.78, 5) is 0. The molecule has 1 aliphatic heterocycles. The number of halogens is 2. The van der Waals surface area contributed by atoms with E-state index in [-0.39, 0.29) is 18.3 Å². The van der Waals surface area contributed by atoms with Gasteiger partial charge in [-0.3, -0.25) is 0 Å². The molecule has 0 amide bonds. The van der Waals surface area contributed by atoms with Gasteiger partial charge in [0, 0.05) is 18.1 Å². The van der Waals surface area contributed by atoms with E-state index in [9.17, 15) is 8.78 Å². The first-order valence-electron chi connectivity index (χ1n) is 5.78. The minimum Gasteiger partial charge on any atom is -0.330 e. The van der Waals surface area contributed by atoms with Crippen LogP contribution in [0.25, 0.3) is 0 Å². The van der Waals surface area contributed by atoms with Crippen molar-refractivity contribution in [1.29, 1.82) is 0 Å². The van der Waals surface area contributed by atoms with Gasteiger partial charge in [0.1, 0.15) is 0 Å². The molecule has 88 valence electrons. The average Bonchev–Trinajstić information content (AvgIpc) is 2.72. The smallest absolute Gasteiger partial charge is 0.248 e. The Kier molecular flexibility index (Phi) is 3.27. The molecule has 1 heterocycles. The fourth-order valence-electron chi connectivity index (χ4n) is 2.83. The average molecular weight is 235 g/mol. The Morgan fingerprint density at radius 3 is 2.33 bits per heavy atom. The highest BCUT2D eigenvalue weighted by atomic mass is 32.2. The number of thioether (sulfide) groups is 1. The van der Waals surface area contributed by atoms with Crippen molar-refractivity contribution in [2.45, 2.75) is 49.7 Å². The van der Waals surface area contributed by atoms with Gasteiger partial charge in [-0.25, -0.2) is 8.78 Å². The van der Waals surface area contributed by atoms with Gasteiger partial charge in [-0.15, -0.1) is 0 Å². The molecule has 2 rings (SSSR count). The predicted molar refractivity (Wildman–Crippen MR) is 60.4 cm³/mol. The van der Waals surface area contributed by atoms with Crippen molar-refractivity contribution in [3.8, 4) is 0 Å². The van der Waals surface area contributed by atoms with Gasteiger partial charge in [-0.1, -0.05) is 0 Å². The maximum absolute atomic E-state index is 13.1.